The average molecular weight is 363 g/mol. The van der Waals surface area contributed by atoms with Gasteiger partial charge < -0.3 is 9.67 Å². The smallest absolute Gasteiger partial charge is 0.336 e. The standard InChI is InChI=1S/C25H17NO2/c27-25(28)21-13-7-6-12-20(21)24-16-22-19-11-5-4-8-17(19)14-15-23(22)26(24)18-9-2-1-3-10-18/h1-16H,(H,27,28). The predicted molar refractivity (Wildman–Crippen MR) is 113 cm³/mol. The first-order valence-corrected chi connectivity index (χ1v) is 9.15. The van der Waals surface area contributed by atoms with Crippen molar-refractivity contribution in [3.05, 3.63) is 103 Å². The molecule has 1 aromatic heterocycles. The van der Waals surface area contributed by atoms with Gasteiger partial charge in [0.15, 0.2) is 0 Å². The van der Waals surface area contributed by atoms with Crippen molar-refractivity contribution in [1.29, 1.82) is 0 Å². The van der Waals surface area contributed by atoms with Crippen LogP contribution in [0.3, 0.4) is 0 Å². The number of carbonyl (C=O) groups is 1. The van der Waals surface area contributed by atoms with Crippen molar-refractivity contribution in [1.82, 2.24) is 4.57 Å². The number of hydrogen-bond donors (Lipinski definition) is 1. The van der Waals surface area contributed by atoms with Crippen LogP contribution in [0.5, 0.6) is 0 Å². The summed E-state index contributed by atoms with van der Waals surface area (Å²) in [5, 5.41) is 13.2. The fourth-order valence-electron chi connectivity index (χ4n) is 3.91. The summed E-state index contributed by atoms with van der Waals surface area (Å²) in [6, 6.07) is 31.8. The monoisotopic (exact) mass is 363 g/mol. The molecule has 0 aliphatic carbocycles. The molecule has 5 rings (SSSR count). The molecule has 4 aromatic carbocycles. The van der Waals surface area contributed by atoms with E-state index in [2.05, 4.69) is 34.9 Å². The Morgan fingerprint density at radius 1 is 0.714 bits per heavy atom. The van der Waals surface area contributed by atoms with Gasteiger partial charge in [-0.25, -0.2) is 4.79 Å². The summed E-state index contributed by atoms with van der Waals surface area (Å²) >= 11 is 0. The van der Waals surface area contributed by atoms with E-state index in [1.807, 2.05) is 54.6 Å². The number of nitrogens with zero attached hydrogens (tertiary/aromatic N) is 1. The second-order valence-electron chi connectivity index (χ2n) is 6.77. The number of aromatic nitrogens is 1. The molecule has 0 amide bonds. The van der Waals surface area contributed by atoms with Crippen molar-refractivity contribution in [3.63, 3.8) is 0 Å². The highest BCUT2D eigenvalue weighted by atomic mass is 16.4. The molecule has 134 valence electrons. The molecular weight excluding hydrogens is 346 g/mol. The molecular formula is C25H17NO2. The zero-order chi connectivity index (χ0) is 19.1. The third kappa shape index (κ3) is 2.48. The Morgan fingerprint density at radius 3 is 2.25 bits per heavy atom. The Bertz CT molecular complexity index is 1330. The summed E-state index contributed by atoms with van der Waals surface area (Å²) in [4.78, 5) is 11.9. The van der Waals surface area contributed by atoms with Gasteiger partial charge in [-0.1, -0.05) is 66.7 Å². The number of para-hydroxylation sites is 1. The molecule has 3 heteroatoms. The van der Waals surface area contributed by atoms with Gasteiger partial charge in [-0.05, 0) is 41.1 Å². The maximum Gasteiger partial charge on any atom is 0.336 e. The Balaban J connectivity index is 1.94. The average Bonchev–Trinajstić information content (AvgIpc) is 3.14. The van der Waals surface area contributed by atoms with Gasteiger partial charge in [0.05, 0.1) is 16.8 Å². The third-order valence-corrected chi connectivity index (χ3v) is 5.16. The number of fused-ring (bicyclic) bond motifs is 3. The molecule has 28 heavy (non-hydrogen) atoms. The van der Waals surface area contributed by atoms with Crippen molar-refractivity contribution in [3.8, 4) is 16.9 Å². The van der Waals surface area contributed by atoms with Crippen LogP contribution in [0.25, 0.3) is 38.6 Å². The van der Waals surface area contributed by atoms with E-state index in [1.54, 1.807) is 12.1 Å². The molecule has 5 aromatic rings. The summed E-state index contributed by atoms with van der Waals surface area (Å²) < 4.78 is 2.14. The second kappa shape index (κ2) is 6.39. The normalized spacial score (nSPS) is 11.1. The van der Waals surface area contributed by atoms with E-state index in [-0.39, 0.29) is 0 Å². The summed E-state index contributed by atoms with van der Waals surface area (Å²) in [6.07, 6.45) is 0. The minimum absolute atomic E-state index is 0.298. The molecule has 3 nitrogen and oxygen atoms in total. The van der Waals surface area contributed by atoms with Crippen LogP contribution in [0.4, 0.5) is 0 Å². The van der Waals surface area contributed by atoms with E-state index in [9.17, 15) is 9.90 Å². The summed E-state index contributed by atoms with van der Waals surface area (Å²) in [6.45, 7) is 0. The predicted octanol–water partition coefficient (Wildman–Crippen LogP) is 6.15. The van der Waals surface area contributed by atoms with Crippen LogP contribution in [-0.2, 0) is 0 Å². The molecule has 0 aliphatic rings. The molecule has 0 atom stereocenters. The van der Waals surface area contributed by atoms with Crippen molar-refractivity contribution in [2.24, 2.45) is 0 Å². The topological polar surface area (TPSA) is 42.2 Å². The van der Waals surface area contributed by atoms with Gasteiger partial charge in [-0.2, -0.15) is 0 Å². The Hall–Kier alpha value is -3.85. The first-order chi connectivity index (χ1) is 13.7. The van der Waals surface area contributed by atoms with Crippen molar-refractivity contribution in [2.75, 3.05) is 0 Å². The third-order valence-electron chi connectivity index (χ3n) is 5.16. The maximum atomic E-state index is 11.9. The number of hydrogen-bond acceptors (Lipinski definition) is 1. The lowest BCUT2D eigenvalue weighted by Gasteiger charge is -2.13. The lowest BCUT2D eigenvalue weighted by Crippen LogP contribution is -2.02. The Kier molecular flexibility index (Phi) is 3.73. The van der Waals surface area contributed by atoms with Gasteiger partial charge in [-0.3, -0.25) is 0 Å². The van der Waals surface area contributed by atoms with Gasteiger partial charge in [0, 0.05) is 16.6 Å². The highest BCUT2D eigenvalue weighted by Gasteiger charge is 2.18. The van der Waals surface area contributed by atoms with E-state index in [4.69, 9.17) is 0 Å². The van der Waals surface area contributed by atoms with Gasteiger partial charge in [0.2, 0.25) is 0 Å². The fourth-order valence-corrected chi connectivity index (χ4v) is 3.91. The quantitative estimate of drug-likeness (QED) is 0.418. The lowest BCUT2D eigenvalue weighted by molar-refractivity contribution is 0.0697. The molecule has 0 radical (unpaired) electrons. The summed E-state index contributed by atoms with van der Waals surface area (Å²) in [7, 11) is 0. The van der Waals surface area contributed by atoms with E-state index in [1.165, 1.54) is 5.39 Å². The summed E-state index contributed by atoms with van der Waals surface area (Å²) in [5.74, 6) is -0.926. The van der Waals surface area contributed by atoms with Crippen molar-refractivity contribution in [2.45, 2.75) is 0 Å². The molecule has 0 saturated heterocycles. The molecule has 1 heterocycles. The Labute approximate surface area is 162 Å². The van der Waals surface area contributed by atoms with E-state index >= 15 is 0 Å². The highest BCUT2D eigenvalue weighted by Crippen LogP contribution is 2.36. The van der Waals surface area contributed by atoms with Gasteiger partial charge in [0.25, 0.3) is 0 Å². The molecule has 0 unspecified atom stereocenters. The minimum atomic E-state index is -0.926. The lowest BCUT2D eigenvalue weighted by atomic mass is 10.0. The molecule has 0 spiro atoms. The number of benzene rings is 4. The van der Waals surface area contributed by atoms with Crippen LogP contribution < -0.4 is 0 Å². The minimum Gasteiger partial charge on any atom is -0.478 e. The SMILES string of the molecule is O=C(O)c1ccccc1-c1cc2c3ccccc3ccc2n1-c1ccccc1. The van der Waals surface area contributed by atoms with Gasteiger partial charge in [0.1, 0.15) is 0 Å². The number of carboxylic acids is 1. The van der Waals surface area contributed by atoms with E-state index in [0.717, 1.165) is 27.7 Å². The van der Waals surface area contributed by atoms with Crippen LogP contribution >= 0.6 is 0 Å². The van der Waals surface area contributed by atoms with Crippen molar-refractivity contribution >= 4 is 27.6 Å². The van der Waals surface area contributed by atoms with Crippen LogP contribution in [0, 0.1) is 0 Å². The highest BCUT2D eigenvalue weighted by molar-refractivity contribution is 6.10. The molecule has 1 N–H and O–H groups in total. The number of rotatable bonds is 3. The second-order valence-corrected chi connectivity index (χ2v) is 6.77. The first kappa shape index (κ1) is 16.3. The Morgan fingerprint density at radius 2 is 1.43 bits per heavy atom. The van der Waals surface area contributed by atoms with Crippen LogP contribution in [0.2, 0.25) is 0 Å². The molecule has 0 aliphatic heterocycles. The number of aromatic carboxylic acids is 1. The zero-order valence-corrected chi connectivity index (χ0v) is 15.0. The molecule has 0 fully saturated rings. The van der Waals surface area contributed by atoms with Crippen LogP contribution in [0.15, 0.2) is 97.1 Å². The van der Waals surface area contributed by atoms with Crippen LogP contribution in [-0.4, -0.2) is 15.6 Å². The van der Waals surface area contributed by atoms with Crippen LogP contribution in [0.1, 0.15) is 10.4 Å². The summed E-state index contributed by atoms with van der Waals surface area (Å²) in [5.41, 5.74) is 3.93. The molecule has 0 saturated carbocycles. The van der Waals surface area contributed by atoms with Gasteiger partial charge >= 0.3 is 5.97 Å². The maximum absolute atomic E-state index is 11.9. The van der Waals surface area contributed by atoms with Crippen molar-refractivity contribution < 1.29 is 9.90 Å². The largest absolute Gasteiger partial charge is 0.478 e. The van der Waals surface area contributed by atoms with Gasteiger partial charge in [-0.15, -0.1) is 0 Å². The number of carboxylic acid groups (broad SMARTS) is 1. The van der Waals surface area contributed by atoms with E-state index in [0.29, 0.717) is 11.1 Å². The first-order valence-electron chi connectivity index (χ1n) is 9.15. The van der Waals surface area contributed by atoms with E-state index < -0.39 is 5.97 Å². The zero-order valence-electron chi connectivity index (χ0n) is 15.0. The fraction of sp³-hybridized carbons (Fsp3) is 0. The molecule has 0 bridgehead atoms.